The van der Waals surface area contributed by atoms with Crippen molar-refractivity contribution >= 4 is 5.69 Å². The van der Waals surface area contributed by atoms with Gasteiger partial charge in [-0.2, -0.15) is 5.26 Å². The van der Waals surface area contributed by atoms with Crippen molar-refractivity contribution in [3.8, 4) is 17.6 Å². The molecule has 0 radical (unpaired) electrons. The lowest BCUT2D eigenvalue weighted by Gasteiger charge is -2.12. The van der Waals surface area contributed by atoms with Crippen LogP contribution < -0.4 is 14.8 Å². The Bertz CT molecular complexity index is 489. The number of nitriles is 1. The van der Waals surface area contributed by atoms with Gasteiger partial charge in [0.1, 0.15) is 0 Å². The van der Waals surface area contributed by atoms with Crippen LogP contribution in [0.3, 0.4) is 0 Å². The van der Waals surface area contributed by atoms with E-state index in [-0.39, 0.29) is 5.41 Å². The Morgan fingerprint density at radius 2 is 2.00 bits per heavy atom. The van der Waals surface area contributed by atoms with Gasteiger partial charge in [0.05, 0.1) is 24.7 Å². The minimum Gasteiger partial charge on any atom is -0.490 e. The van der Waals surface area contributed by atoms with E-state index in [1.54, 1.807) is 0 Å². The number of hydrogen-bond acceptors (Lipinski definition) is 4. The molecule has 1 fully saturated rings. The predicted octanol–water partition coefficient (Wildman–Crippen LogP) is 2.56. The Morgan fingerprint density at radius 3 is 2.72 bits per heavy atom. The number of ether oxygens (including phenoxy) is 2. The first-order valence-electron chi connectivity index (χ1n) is 6.36. The van der Waals surface area contributed by atoms with E-state index >= 15 is 0 Å². The highest BCUT2D eigenvalue weighted by Crippen LogP contribution is 2.45. The summed E-state index contributed by atoms with van der Waals surface area (Å²) in [5.74, 6) is 1.60. The summed E-state index contributed by atoms with van der Waals surface area (Å²) >= 11 is 0. The molecule has 1 saturated carbocycles. The summed E-state index contributed by atoms with van der Waals surface area (Å²) in [6.07, 6.45) is 2.91. The summed E-state index contributed by atoms with van der Waals surface area (Å²) in [6.45, 7) is 2.11. The van der Waals surface area contributed by atoms with Crippen LogP contribution in [0.2, 0.25) is 0 Å². The van der Waals surface area contributed by atoms with E-state index in [1.807, 2.05) is 18.2 Å². The third kappa shape index (κ3) is 2.21. The van der Waals surface area contributed by atoms with Crippen molar-refractivity contribution in [1.82, 2.24) is 0 Å². The molecule has 1 aromatic carbocycles. The van der Waals surface area contributed by atoms with Crippen LogP contribution in [0, 0.1) is 16.7 Å². The minimum atomic E-state index is -0.135. The first kappa shape index (κ1) is 11.2. The molecule has 0 aromatic heterocycles. The maximum Gasteiger partial charge on any atom is 0.163 e. The average Bonchev–Trinajstić information content (AvgIpc) is 3.20. The monoisotopic (exact) mass is 244 g/mol. The Balaban J connectivity index is 1.70. The first-order valence-corrected chi connectivity index (χ1v) is 6.36. The molecule has 1 aromatic rings. The van der Waals surface area contributed by atoms with E-state index in [9.17, 15) is 0 Å². The topological polar surface area (TPSA) is 54.3 Å². The SMILES string of the molecule is N#CC1(CNc2ccc3c(c2)OCCCO3)CC1. The molecule has 1 aliphatic carbocycles. The predicted molar refractivity (Wildman–Crippen MR) is 67.8 cm³/mol. The molecule has 3 rings (SSSR count). The molecule has 18 heavy (non-hydrogen) atoms. The van der Waals surface area contributed by atoms with Crippen LogP contribution in [-0.2, 0) is 0 Å². The van der Waals surface area contributed by atoms with Crippen LogP contribution in [-0.4, -0.2) is 19.8 Å². The summed E-state index contributed by atoms with van der Waals surface area (Å²) in [4.78, 5) is 0. The van der Waals surface area contributed by atoms with Gasteiger partial charge in [-0.05, 0) is 25.0 Å². The second kappa shape index (κ2) is 4.41. The molecule has 0 spiro atoms. The highest BCUT2D eigenvalue weighted by atomic mass is 16.5. The van der Waals surface area contributed by atoms with Gasteiger partial charge < -0.3 is 14.8 Å². The van der Waals surface area contributed by atoms with Crippen molar-refractivity contribution in [3.05, 3.63) is 18.2 Å². The molecule has 94 valence electrons. The molecular weight excluding hydrogens is 228 g/mol. The Hall–Kier alpha value is -1.89. The standard InChI is InChI=1S/C14H16N2O2/c15-9-14(4-5-14)10-16-11-2-3-12-13(8-11)18-7-1-6-17-12/h2-3,8,16H,1,4-7,10H2. The van der Waals surface area contributed by atoms with E-state index in [2.05, 4.69) is 11.4 Å². The average molecular weight is 244 g/mol. The van der Waals surface area contributed by atoms with Crippen molar-refractivity contribution in [1.29, 1.82) is 5.26 Å². The third-order valence-corrected chi connectivity index (χ3v) is 3.47. The minimum absolute atomic E-state index is 0.135. The van der Waals surface area contributed by atoms with Crippen LogP contribution >= 0.6 is 0 Å². The van der Waals surface area contributed by atoms with Crippen molar-refractivity contribution in [2.45, 2.75) is 19.3 Å². The number of rotatable bonds is 3. The molecule has 0 saturated heterocycles. The molecule has 0 unspecified atom stereocenters. The van der Waals surface area contributed by atoms with E-state index in [1.165, 1.54) is 0 Å². The van der Waals surface area contributed by atoms with Gasteiger partial charge in [0, 0.05) is 24.7 Å². The fourth-order valence-electron chi connectivity index (χ4n) is 2.02. The fourth-order valence-corrected chi connectivity index (χ4v) is 2.02. The highest BCUT2D eigenvalue weighted by molar-refractivity contribution is 5.55. The first-order chi connectivity index (χ1) is 8.81. The molecule has 0 amide bonds. The zero-order chi connectivity index (χ0) is 12.4. The van der Waals surface area contributed by atoms with Crippen LogP contribution in [0.15, 0.2) is 18.2 Å². The Kier molecular flexibility index (Phi) is 2.75. The van der Waals surface area contributed by atoms with E-state index in [0.717, 1.165) is 36.4 Å². The Morgan fingerprint density at radius 1 is 1.22 bits per heavy atom. The van der Waals surface area contributed by atoms with E-state index in [0.29, 0.717) is 19.8 Å². The van der Waals surface area contributed by atoms with Gasteiger partial charge in [0.25, 0.3) is 0 Å². The summed E-state index contributed by atoms with van der Waals surface area (Å²) in [5, 5.41) is 12.3. The summed E-state index contributed by atoms with van der Waals surface area (Å²) in [7, 11) is 0. The quantitative estimate of drug-likeness (QED) is 0.887. The number of hydrogen-bond donors (Lipinski definition) is 1. The lowest BCUT2D eigenvalue weighted by Crippen LogP contribution is -2.13. The lowest BCUT2D eigenvalue weighted by atomic mass is 10.1. The molecule has 1 aliphatic heterocycles. The number of benzene rings is 1. The van der Waals surface area contributed by atoms with Crippen LogP contribution in [0.5, 0.6) is 11.5 Å². The maximum atomic E-state index is 9.03. The normalized spacial score (nSPS) is 19.5. The molecule has 1 heterocycles. The van der Waals surface area contributed by atoms with Crippen molar-refractivity contribution < 1.29 is 9.47 Å². The summed E-state index contributed by atoms with van der Waals surface area (Å²) in [5.41, 5.74) is 0.852. The van der Waals surface area contributed by atoms with Gasteiger partial charge >= 0.3 is 0 Å². The third-order valence-electron chi connectivity index (χ3n) is 3.47. The number of nitrogens with one attached hydrogen (secondary N) is 1. The largest absolute Gasteiger partial charge is 0.490 e. The second-order valence-electron chi connectivity index (χ2n) is 4.96. The van der Waals surface area contributed by atoms with Gasteiger partial charge in [-0.1, -0.05) is 0 Å². The molecule has 2 aliphatic rings. The zero-order valence-corrected chi connectivity index (χ0v) is 10.2. The molecule has 0 atom stereocenters. The van der Waals surface area contributed by atoms with Gasteiger partial charge in [0.15, 0.2) is 11.5 Å². The summed E-state index contributed by atoms with van der Waals surface area (Å²) in [6, 6.07) is 8.23. The number of nitrogens with zero attached hydrogens (tertiary/aromatic N) is 1. The van der Waals surface area contributed by atoms with Gasteiger partial charge in [-0.15, -0.1) is 0 Å². The highest BCUT2D eigenvalue weighted by Gasteiger charge is 2.42. The van der Waals surface area contributed by atoms with E-state index in [4.69, 9.17) is 14.7 Å². The molecule has 0 bridgehead atoms. The van der Waals surface area contributed by atoms with Crippen LogP contribution in [0.4, 0.5) is 5.69 Å². The molecule has 1 N–H and O–H groups in total. The molecule has 4 heteroatoms. The van der Waals surface area contributed by atoms with Gasteiger partial charge in [-0.25, -0.2) is 0 Å². The molecular formula is C14H16N2O2. The van der Waals surface area contributed by atoms with E-state index < -0.39 is 0 Å². The number of fused-ring (bicyclic) bond motifs is 1. The zero-order valence-electron chi connectivity index (χ0n) is 10.2. The lowest BCUT2D eigenvalue weighted by molar-refractivity contribution is 0.297. The van der Waals surface area contributed by atoms with Gasteiger partial charge in [-0.3, -0.25) is 0 Å². The molecule has 4 nitrogen and oxygen atoms in total. The summed E-state index contributed by atoms with van der Waals surface area (Å²) < 4.78 is 11.2. The van der Waals surface area contributed by atoms with Crippen LogP contribution in [0.25, 0.3) is 0 Å². The smallest absolute Gasteiger partial charge is 0.163 e. The maximum absolute atomic E-state index is 9.03. The number of anilines is 1. The van der Waals surface area contributed by atoms with Crippen molar-refractivity contribution in [2.24, 2.45) is 5.41 Å². The fraction of sp³-hybridized carbons (Fsp3) is 0.500. The van der Waals surface area contributed by atoms with Crippen molar-refractivity contribution in [2.75, 3.05) is 25.1 Å². The Labute approximate surface area is 107 Å². The second-order valence-corrected chi connectivity index (χ2v) is 4.96. The van der Waals surface area contributed by atoms with Gasteiger partial charge in [0.2, 0.25) is 0 Å². The van der Waals surface area contributed by atoms with Crippen LogP contribution in [0.1, 0.15) is 19.3 Å². The van der Waals surface area contributed by atoms with Crippen molar-refractivity contribution in [3.63, 3.8) is 0 Å².